The van der Waals surface area contributed by atoms with E-state index in [1.807, 2.05) is 18.2 Å². The Morgan fingerprint density at radius 1 is 1.05 bits per heavy atom. The second kappa shape index (κ2) is 7.67. The average molecular weight is 329 g/mol. The predicted molar refractivity (Wildman–Crippen MR) is 85.4 cm³/mol. The van der Waals surface area contributed by atoms with Crippen LogP contribution in [0.4, 0.5) is 0 Å². The van der Waals surface area contributed by atoms with Crippen LogP contribution in [-0.2, 0) is 0 Å². The molecule has 0 aliphatic rings. The molecule has 0 fully saturated rings. The molecule has 0 saturated heterocycles. The van der Waals surface area contributed by atoms with Crippen LogP contribution in [0.2, 0.25) is 10.0 Å². The molecule has 0 saturated carbocycles. The summed E-state index contributed by atoms with van der Waals surface area (Å²) in [6.07, 6.45) is 0.882. The van der Waals surface area contributed by atoms with Gasteiger partial charge in [-0.25, -0.2) is 0 Å². The van der Waals surface area contributed by atoms with E-state index >= 15 is 0 Å². The Labute approximate surface area is 132 Å². The summed E-state index contributed by atoms with van der Waals surface area (Å²) in [6, 6.07) is 13.0. The van der Waals surface area contributed by atoms with Gasteiger partial charge in [0.1, 0.15) is 5.75 Å². The van der Waals surface area contributed by atoms with Gasteiger partial charge in [-0.3, -0.25) is 0 Å². The van der Waals surface area contributed by atoms with E-state index in [2.05, 4.69) is 12.1 Å². The molecule has 2 aromatic carbocycles. The number of halogens is 2. The topological polar surface area (TPSA) is 29.5 Å². The quantitative estimate of drug-likeness (QED) is 0.579. The summed E-state index contributed by atoms with van der Waals surface area (Å²) in [5, 5.41) is 9.98. The molecule has 1 N–H and O–H groups in total. The highest BCUT2D eigenvalue weighted by atomic mass is 35.5. The minimum Gasteiger partial charge on any atom is -0.508 e. The lowest BCUT2D eigenvalue weighted by molar-refractivity contribution is 0.318. The zero-order valence-electron chi connectivity index (χ0n) is 10.7. The summed E-state index contributed by atoms with van der Waals surface area (Å²) in [4.78, 5) is 1.24. The van der Waals surface area contributed by atoms with Crippen LogP contribution >= 0.6 is 35.0 Å². The number of hydrogen-bond donors (Lipinski definition) is 1. The van der Waals surface area contributed by atoms with Gasteiger partial charge in [0.25, 0.3) is 0 Å². The van der Waals surface area contributed by atoms with Crippen LogP contribution in [-0.4, -0.2) is 17.5 Å². The highest BCUT2D eigenvalue weighted by molar-refractivity contribution is 7.99. The van der Waals surface area contributed by atoms with Gasteiger partial charge in [0, 0.05) is 22.8 Å². The number of rotatable bonds is 6. The zero-order chi connectivity index (χ0) is 14.4. The van der Waals surface area contributed by atoms with Gasteiger partial charge in [-0.15, -0.1) is 11.8 Å². The molecule has 0 heterocycles. The molecule has 0 bridgehead atoms. The largest absolute Gasteiger partial charge is 0.508 e. The van der Waals surface area contributed by atoms with E-state index in [9.17, 15) is 5.11 Å². The van der Waals surface area contributed by atoms with E-state index in [1.54, 1.807) is 11.8 Å². The van der Waals surface area contributed by atoms with Crippen molar-refractivity contribution in [2.75, 3.05) is 12.4 Å². The van der Waals surface area contributed by atoms with Crippen LogP contribution in [0.3, 0.4) is 0 Å². The first-order valence-electron chi connectivity index (χ1n) is 6.15. The fourth-order valence-electron chi connectivity index (χ4n) is 1.62. The first kappa shape index (κ1) is 15.4. The molecule has 2 aromatic rings. The van der Waals surface area contributed by atoms with E-state index in [-0.39, 0.29) is 5.75 Å². The average Bonchev–Trinajstić information content (AvgIpc) is 2.42. The summed E-state index contributed by atoms with van der Waals surface area (Å²) in [5.41, 5.74) is 0. The van der Waals surface area contributed by atoms with E-state index < -0.39 is 0 Å². The van der Waals surface area contributed by atoms with Gasteiger partial charge >= 0.3 is 0 Å². The monoisotopic (exact) mass is 328 g/mol. The van der Waals surface area contributed by atoms with E-state index in [4.69, 9.17) is 27.9 Å². The van der Waals surface area contributed by atoms with Crippen LogP contribution < -0.4 is 4.74 Å². The summed E-state index contributed by atoms with van der Waals surface area (Å²) in [6.45, 7) is 0.532. The van der Waals surface area contributed by atoms with Gasteiger partial charge in [-0.2, -0.15) is 0 Å². The van der Waals surface area contributed by atoms with Crippen molar-refractivity contribution in [2.24, 2.45) is 0 Å². The molecule has 2 rings (SSSR count). The molecular formula is C15H14Cl2O2S. The second-order valence-corrected chi connectivity index (χ2v) is 6.08. The van der Waals surface area contributed by atoms with Crippen molar-refractivity contribution in [3.8, 4) is 11.5 Å². The number of ether oxygens (including phenoxy) is 1. The van der Waals surface area contributed by atoms with Crippen molar-refractivity contribution in [2.45, 2.75) is 11.3 Å². The first-order valence-corrected chi connectivity index (χ1v) is 7.89. The van der Waals surface area contributed by atoms with Crippen molar-refractivity contribution < 1.29 is 9.84 Å². The smallest absolute Gasteiger partial charge is 0.156 e. The number of benzene rings is 2. The number of hydrogen-bond acceptors (Lipinski definition) is 3. The van der Waals surface area contributed by atoms with Crippen molar-refractivity contribution in [3.63, 3.8) is 0 Å². The van der Waals surface area contributed by atoms with Crippen molar-refractivity contribution >= 4 is 35.0 Å². The number of phenolic OH excluding ortho intramolecular Hbond substituents is 1. The Morgan fingerprint density at radius 3 is 2.35 bits per heavy atom. The van der Waals surface area contributed by atoms with Gasteiger partial charge in [0.05, 0.1) is 16.7 Å². The standard InChI is InChI=1S/C15H14Cl2O2S/c16-13-9-11(18)10-14(17)15(13)19-7-4-8-20-12-5-2-1-3-6-12/h1-3,5-6,9-10,18H,4,7-8H2. The summed E-state index contributed by atoms with van der Waals surface area (Å²) in [7, 11) is 0. The highest BCUT2D eigenvalue weighted by Crippen LogP contribution is 2.36. The summed E-state index contributed by atoms with van der Waals surface area (Å²) >= 11 is 13.7. The van der Waals surface area contributed by atoms with Gasteiger partial charge in [-0.05, 0) is 18.6 Å². The van der Waals surface area contributed by atoms with Crippen LogP contribution in [0.1, 0.15) is 6.42 Å². The second-order valence-electron chi connectivity index (χ2n) is 4.10. The first-order chi connectivity index (χ1) is 9.66. The van der Waals surface area contributed by atoms with Crippen molar-refractivity contribution in [1.82, 2.24) is 0 Å². The Morgan fingerprint density at radius 2 is 1.70 bits per heavy atom. The van der Waals surface area contributed by atoms with Crippen LogP contribution in [0.25, 0.3) is 0 Å². The van der Waals surface area contributed by atoms with Crippen molar-refractivity contribution in [1.29, 1.82) is 0 Å². The molecule has 0 spiro atoms. The third-order valence-corrected chi connectivity index (χ3v) is 4.19. The Hall–Kier alpha value is -1.03. The molecule has 0 aliphatic carbocycles. The fraction of sp³-hybridized carbons (Fsp3) is 0.200. The third kappa shape index (κ3) is 4.51. The number of phenols is 1. The Bertz CT molecular complexity index is 538. The van der Waals surface area contributed by atoms with Gasteiger partial charge < -0.3 is 9.84 Å². The molecule has 20 heavy (non-hydrogen) atoms. The van der Waals surface area contributed by atoms with E-state index in [1.165, 1.54) is 17.0 Å². The SMILES string of the molecule is Oc1cc(Cl)c(OCCCSc2ccccc2)c(Cl)c1. The molecule has 0 aliphatic heterocycles. The molecule has 0 radical (unpaired) electrons. The molecule has 5 heteroatoms. The molecule has 0 aromatic heterocycles. The lowest BCUT2D eigenvalue weighted by Crippen LogP contribution is -1.99. The van der Waals surface area contributed by atoms with E-state index in [0.29, 0.717) is 22.4 Å². The third-order valence-electron chi connectivity index (χ3n) is 2.53. The molecule has 0 atom stereocenters. The highest BCUT2D eigenvalue weighted by Gasteiger charge is 2.09. The number of thioether (sulfide) groups is 1. The summed E-state index contributed by atoms with van der Waals surface area (Å²) < 4.78 is 5.57. The molecule has 0 unspecified atom stereocenters. The minimum atomic E-state index is 0.0342. The van der Waals surface area contributed by atoms with Crippen molar-refractivity contribution in [3.05, 3.63) is 52.5 Å². The number of aromatic hydroxyl groups is 1. The normalized spacial score (nSPS) is 10.5. The predicted octanol–water partition coefficient (Wildman–Crippen LogP) is 5.26. The summed E-state index contributed by atoms with van der Waals surface area (Å²) in [5.74, 6) is 1.42. The fourth-order valence-corrected chi connectivity index (χ4v) is 3.06. The van der Waals surface area contributed by atoms with E-state index in [0.717, 1.165) is 12.2 Å². The zero-order valence-corrected chi connectivity index (χ0v) is 13.0. The molecule has 0 amide bonds. The minimum absolute atomic E-state index is 0.0342. The lowest BCUT2D eigenvalue weighted by atomic mass is 10.3. The molecule has 106 valence electrons. The Balaban J connectivity index is 1.76. The van der Waals surface area contributed by atoms with Gasteiger partial charge in [-0.1, -0.05) is 41.4 Å². The van der Waals surface area contributed by atoms with Crippen LogP contribution in [0.15, 0.2) is 47.4 Å². The van der Waals surface area contributed by atoms with Gasteiger partial charge in [0.15, 0.2) is 5.75 Å². The molecule has 2 nitrogen and oxygen atoms in total. The maximum atomic E-state index is 9.33. The molecular weight excluding hydrogens is 315 g/mol. The Kier molecular flexibility index (Phi) is 5.89. The lowest BCUT2D eigenvalue weighted by Gasteiger charge is -2.10. The van der Waals surface area contributed by atoms with Gasteiger partial charge in [0.2, 0.25) is 0 Å². The van der Waals surface area contributed by atoms with Crippen LogP contribution in [0, 0.1) is 0 Å². The van der Waals surface area contributed by atoms with Crippen LogP contribution in [0.5, 0.6) is 11.5 Å². The maximum Gasteiger partial charge on any atom is 0.156 e. The maximum absolute atomic E-state index is 9.33.